The Morgan fingerprint density at radius 1 is 1.47 bits per heavy atom. The van der Waals surface area contributed by atoms with Crippen LogP contribution in [-0.4, -0.2) is 25.2 Å². The Labute approximate surface area is 97.6 Å². The normalized spacial score (nSPS) is 10.5. The monoisotopic (exact) mass is 245 g/mol. The van der Waals surface area contributed by atoms with E-state index in [-0.39, 0.29) is 17.8 Å². The molecule has 1 aromatic heterocycles. The van der Waals surface area contributed by atoms with Gasteiger partial charge in [-0.1, -0.05) is 0 Å². The van der Waals surface area contributed by atoms with Crippen molar-refractivity contribution in [2.24, 2.45) is 0 Å². The second-order valence-electron chi connectivity index (χ2n) is 3.39. The molecule has 1 heterocycles. The number of rotatable bonds is 4. The lowest BCUT2D eigenvalue weighted by molar-refractivity contribution is -0.139. The molecule has 0 atom stereocenters. The van der Waals surface area contributed by atoms with Crippen molar-refractivity contribution >= 4 is 5.97 Å². The zero-order chi connectivity index (χ0) is 13.0. The van der Waals surface area contributed by atoms with Crippen molar-refractivity contribution in [1.82, 2.24) is 4.98 Å². The molecule has 0 amide bonds. The molecule has 0 unspecified atom stereocenters. The summed E-state index contributed by atoms with van der Waals surface area (Å²) in [5.74, 6) is -0.253. The molecule has 0 N–H and O–H groups in total. The number of aryl methyl sites for hydroxylation is 1. The number of carbonyl (C=O) groups is 1. The van der Waals surface area contributed by atoms with Crippen molar-refractivity contribution in [3.05, 3.63) is 23.0 Å². The zero-order valence-electron chi connectivity index (χ0n) is 9.79. The average molecular weight is 245 g/mol. The molecule has 6 heteroatoms. The van der Waals surface area contributed by atoms with Crippen LogP contribution < -0.4 is 4.74 Å². The third-order valence-electron chi connectivity index (χ3n) is 2.26. The molecule has 0 saturated heterocycles. The van der Waals surface area contributed by atoms with E-state index in [1.54, 1.807) is 0 Å². The van der Waals surface area contributed by atoms with Gasteiger partial charge in [0.2, 0.25) is 0 Å². The predicted octanol–water partition coefficient (Wildman–Crippen LogP) is 2.05. The highest BCUT2D eigenvalue weighted by Gasteiger charge is 2.18. The number of nitrogens with zero attached hydrogens (tertiary/aromatic N) is 1. The lowest BCUT2D eigenvalue weighted by atomic mass is 10.1. The Bertz CT molecular complexity index is 421. The van der Waals surface area contributed by atoms with Gasteiger partial charge in [-0.15, -0.1) is 0 Å². The van der Waals surface area contributed by atoms with Crippen LogP contribution in [0.3, 0.4) is 0 Å². The number of methoxy groups -OCH3 is 2. The Morgan fingerprint density at radius 2 is 2.12 bits per heavy atom. The maximum absolute atomic E-state index is 12.6. The molecule has 0 aromatic carbocycles. The first-order valence-corrected chi connectivity index (χ1v) is 4.89. The third kappa shape index (κ3) is 3.12. The number of carbonyl (C=O) groups excluding carboxylic acids is 1. The van der Waals surface area contributed by atoms with Crippen molar-refractivity contribution in [3.8, 4) is 5.75 Å². The Morgan fingerprint density at radius 3 is 2.59 bits per heavy atom. The van der Waals surface area contributed by atoms with Crippen molar-refractivity contribution in [2.45, 2.75) is 19.8 Å². The van der Waals surface area contributed by atoms with Gasteiger partial charge < -0.3 is 9.47 Å². The lowest BCUT2D eigenvalue weighted by Crippen LogP contribution is -2.10. The highest BCUT2D eigenvalue weighted by Crippen LogP contribution is 2.26. The lowest BCUT2D eigenvalue weighted by Gasteiger charge is -2.11. The van der Waals surface area contributed by atoms with Crippen LogP contribution in [0.15, 0.2) is 6.07 Å². The SMILES string of the molecule is COC(=O)Cc1nc(C(F)F)c(C)cc1OC. The highest BCUT2D eigenvalue weighted by molar-refractivity contribution is 5.72. The minimum atomic E-state index is -2.68. The van der Waals surface area contributed by atoms with Gasteiger partial charge in [-0.3, -0.25) is 4.79 Å². The van der Waals surface area contributed by atoms with Crippen LogP contribution in [0.2, 0.25) is 0 Å². The van der Waals surface area contributed by atoms with Gasteiger partial charge in [-0.2, -0.15) is 0 Å². The summed E-state index contributed by atoms with van der Waals surface area (Å²) in [7, 11) is 2.61. The van der Waals surface area contributed by atoms with E-state index in [1.165, 1.54) is 27.2 Å². The largest absolute Gasteiger partial charge is 0.495 e. The fourth-order valence-electron chi connectivity index (χ4n) is 1.38. The van der Waals surface area contributed by atoms with Gasteiger partial charge in [0.15, 0.2) is 0 Å². The summed E-state index contributed by atoms with van der Waals surface area (Å²) in [4.78, 5) is 14.9. The fourth-order valence-corrected chi connectivity index (χ4v) is 1.38. The number of hydrogen-bond donors (Lipinski definition) is 0. The van der Waals surface area contributed by atoms with E-state index < -0.39 is 12.4 Å². The minimum Gasteiger partial charge on any atom is -0.495 e. The number of hydrogen-bond acceptors (Lipinski definition) is 4. The van der Waals surface area contributed by atoms with E-state index in [9.17, 15) is 13.6 Å². The molecule has 17 heavy (non-hydrogen) atoms. The summed E-state index contributed by atoms with van der Waals surface area (Å²) in [6, 6.07) is 1.44. The predicted molar refractivity (Wildman–Crippen MR) is 56.2 cm³/mol. The molecule has 1 aromatic rings. The summed E-state index contributed by atoms with van der Waals surface area (Å²) < 4.78 is 34.7. The smallest absolute Gasteiger partial charge is 0.311 e. The highest BCUT2D eigenvalue weighted by atomic mass is 19.3. The molecule has 0 aliphatic rings. The molecule has 1 rings (SSSR count). The minimum absolute atomic E-state index is 0.153. The molecule has 0 aliphatic heterocycles. The van der Waals surface area contributed by atoms with E-state index in [0.717, 1.165) is 0 Å². The first-order chi connectivity index (χ1) is 7.99. The molecule has 94 valence electrons. The number of alkyl halides is 2. The van der Waals surface area contributed by atoms with Gasteiger partial charge in [0, 0.05) is 0 Å². The second kappa shape index (κ2) is 5.56. The van der Waals surface area contributed by atoms with E-state index in [4.69, 9.17) is 4.74 Å². The molecule has 0 saturated carbocycles. The van der Waals surface area contributed by atoms with Crippen molar-refractivity contribution in [2.75, 3.05) is 14.2 Å². The Kier molecular flexibility index (Phi) is 4.37. The van der Waals surface area contributed by atoms with Crippen LogP contribution in [-0.2, 0) is 16.0 Å². The van der Waals surface area contributed by atoms with Gasteiger partial charge >= 0.3 is 5.97 Å². The van der Waals surface area contributed by atoms with Gasteiger partial charge in [-0.05, 0) is 18.6 Å². The number of halogens is 2. The number of aromatic nitrogens is 1. The fraction of sp³-hybridized carbons (Fsp3) is 0.455. The average Bonchev–Trinajstić information content (AvgIpc) is 2.30. The number of pyridine rings is 1. The van der Waals surface area contributed by atoms with Crippen LogP contribution in [0.5, 0.6) is 5.75 Å². The van der Waals surface area contributed by atoms with Crippen molar-refractivity contribution in [1.29, 1.82) is 0 Å². The maximum atomic E-state index is 12.6. The van der Waals surface area contributed by atoms with Crippen molar-refractivity contribution in [3.63, 3.8) is 0 Å². The van der Waals surface area contributed by atoms with Crippen LogP contribution >= 0.6 is 0 Å². The van der Waals surface area contributed by atoms with Crippen molar-refractivity contribution < 1.29 is 23.0 Å². The molecular formula is C11H13F2NO3. The summed E-state index contributed by atoms with van der Waals surface area (Å²) in [6.07, 6.45) is -2.88. The Hall–Kier alpha value is -1.72. The molecule has 0 bridgehead atoms. The number of ether oxygens (including phenoxy) is 2. The maximum Gasteiger partial charge on any atom is 0.311 e. The first kappa shape index (κ1) is 13.3. The van der Waals surface area contributed by atoms with Gasteiger partial charge in [-0.25, -0.2) is 13.8 Å². The van der Waals surface area contributed by atoms with Crippen LogP contribution in [0.1, 0.15) is 23.4 Å². The van der Waals surface area contributed by atoms with E-state index in [0.29, 0.717) is 11.3 Å². The summed E-state index contributed by atoms with van der Waals surface area (Å²) in [6.45, 7) is 1.51. The molecule has 0 aliphatic carbocycles. The van der Waals surface area contributed by atoms with Crippen LogP contribution in [0, 0.1) is 6.92 Å². The second-order valence-corrected chi connectivity index (χ2v) is 3.39. The topological polar surface area (TPSA) is 48.4 Å². The van der Waals surface area contributed by atoms with Gasteiger partial charge in [0.25, 0.3) is 6.43 Å². The summed E-state index contributed by atoms with van der Waals surface area (Å²) in [5, 5.41) is 0. The van der Waals surface area contributed by atoms with E-state index in [2.05, 4.69) is 9.72 Å². The molecular weight excluding hydrogens is 232 g/mol. The Balaban J connectivity index is 3.16. The summed E-state index contributed by atoms with van der Waals surface area (Å²) >= 11 is 0. The molecule has 0 radical (unpaired) electrons. The van der Waals surface area contributed by atoms with E-state index in [1.807, 2.05) is 0 Å². The van der Waals surface area contributed by atoms with Crippen LogP contribution in [0.25, 0.3) is 0 Å². The zero-order valence-corrected chi connectivity index (χ0v) is 9.79. The first-order valence-electron chi connectivity index (χ1n) is 4.89. The third-order valence-corrected chi connectivity index (χ3v) is 2.26. The summed E-state index contributed by atoms with van der Waals surface area (Å²) in [5.41, 5.74) is 0.135. The van der Waals surface area contributed by atoms with Gasteiger partial charge in [0.05, 0.1) is 26.3 Å². The number of esters is 1. The quantitative estimate of drug-likeness (QED) is 0.762. The standard InChI is InChI=1S/C11H13F2NO3/c1-6-4-8(16-2)7(5-9(15)17-3)14-10(6)11(12)13/h4,11H,5H2,1-3H3. The molecule has 0 fully saturated rings. The van der Waals surface area contributed by atoms with Crippen LogP contribution in [0.4, 0.5) is 8.78 Å². The molecule has 0 spiro atoms. The molecule has 4 nitrogen and oxygen atoms in total. The van der Waals surface area contributed by atoms with Gasteiger partial charge in [0.1, 0.15) is 11.4 Å². The van der Waals surface area contributed by atoms with E-state index >= 15 is 0 Å².